The fraction of sp³-hybridized carbons (Fsp3) is 0.294. The second kappa shape index (κ2) is 6.65. The van der Waals surface area contributed by atoms with Crippen molar-refractivity contribution in [3.8, 4) is 11.5 Å². The molecule has 1 aliphatic rings. The summed E-state index contributed by atoms with van der Waals surface area (Å²) in [5, 5.41) is 8.10. The molecular formula is C17H16FN3O4S. The van der Waals surface area contributed by atoms with Crippen LogP contribution in [0.15, 0.2) is 56.6 Å². The van der Waals surface area contributed by atoms with Gasteiger partial charge in [-0.25, -0.2) is 12.8 Å². The van der Waals surface area contributed by atoms with E-state index in [0.29, 0.717) is 43.3 Å². The Morgan fingerprint density at radius 1 is 1.08 bits per heavy atom. The zero-order valence-electron chi connectivity index (χ0n) is 13.7. The van der Waals surface area contributed by atoms with E-state index in [4.69, 9.17) is 8.83 Å². The van der Waals surface area contributed by atoms with E-state index in [0.717, 1.165) is 12.1 Å². The maximum Gasteiger partial charge on any atom is 0.250 e. The molecule has 0 radical (unpaired) electrons. The van der Waals surface area contributed by atoms with Crippen molar-refractivity contribution in [2.45, 2.75) is 23.7 Å². The van der Waals surface area contributed by atoms with Crippen molar-refractivity contribution >= 4 is 10.0 Å². The molecular weight excluding hydrogens is 361 g/mol. The average molecular weight is 377 g/mol. The SMILES string of the molecule is O=S(=O)(c1ccc(F)cc1)N1CCC(c2nnc(-c3ccoc3)o2)CC1. The molecule has 0 N–H and O–H groups in total. The molecule has 0 aliphatic carbocycles. The molecule has 9 heteroatoms. The number of piperidine rings is 1. The smallest absolute Gasteiger partial charge is 0.250 e. The van der Waals surface area contributed by atoms with Gasteiger partial charge in [0, 0.05) is 19.0 Å². The minimum absolute atomic E-state index is 0.00261. The van der Waals surface area contributed by atoms with Crippen LogP contribution in [0.4, 0.5) is 4.39 Å². The van der Waals surface area contributed by atoms with E-state index < -0.39 is 15.8 Å². The van der Waals surface area contributed by atoms with Crippen LogP contribution in [0.2, 0.25) is 0 Å². The van der Waals surface area contributed by atoms with Crippen LogP contribution in [-0.4, -0.2) is 36.0 Å². The highest BCUT2D eigenvalue weighted by molar-refractivity contribution is 7.89. The van der Waals surface area contributed by atoms with Crippen molar-refractivity contribution in [1.82, 2.24) is 14.5 Å². The molecule has 0 amide bonds. The topological polar surface area (TPSA) is 89.4 Å². The van der Waals surface area contributed by atoms with E-state index in [2.05, 4.69) is 10.2 Å². The van der Waals surface area contributed by atoms with Crippen LogP contribution >= 0.6 is 0 Å². The van der Waals surface area contributed by atoms with Gasteiger partial charge in [0.1, 0.15) is 12.1 Å². The fourth-order valence-corrected chi connectivity index (χ4v) is 4.47. The lowest BCUT2D eigenvalue weighted by molar-refractivity contribution is 0.291. The van der Waals surface area contributed by atoms with Crippen LogP contribution in [0.5, 0.6) is 0 Å². The van der Waals surface area contributed by atoms with E-state index in [1.54, 1.807) is 6.07 Å². The largest absolute Gasteiger partial charge is 0.472 e. The average Bonchev–Trinajstić information content (AvgIpc) is 3.34. The van der Waals surface area contributed by atoms with E-state index in [1.807, 2.05) is 0 Å². The second-order valence-electron chi connectivity index (χ2n) is 6.09. The summed E-state index contributed by atoms with van der Waals surface area (Å²) >= 11 is 0. The Kier molecular flexibility index (Phi) is 4.33. The van der Waals surface area contributed by atoms with Gasteiger partial charge in [-0.2, -0.15) is 4.31 Å². The van der Waals surface area contributed by atoms with Gasteiger partial charge >= 0.3 is 0 Å². The monoisotopic (exact) mass is 377 g/mol. The van der Waals surface area contributed by atoms with Crippen LogP contribution < -0.4 is 0 Å². The highest BCUT2D eigenvalue weighted by Crippen LogP contribution is 2.31. The van der Waals surface area contributed by atoms with Gasteiger partial charge in [0.25, 0.3) is 5.89 Å². The Hall–Kier alpha value is -2.52. The minimum Gasteiger partial charge on any atom is -0.472 e. The maximum absolute atomic E-state index is 13.0. The third-order valence-electron chi connectivity index (χ3n) is 4.46. The Morgan fingerprint density at radius 2 is 1.81 bits per heavy atom. The molecule has 0 bridgehead atoms. The van der Waals surface area contributed by atoms with Crippen molar-refractivity contribution < 1.29 is 21.6 Å². The second-order valence-corrected chi connectivity index (χ2v) is 8.03. The van der Waals surface area contributed by atoms with Crippen molar-refractivity contribution in [2.75, 3.05) is 13.1 Å². The van der Waals surface area contributed by atoms with Gasteiger partial charge in [0.15, 0.2) is 0 Å². The van der Waals surface area contributed by atoms with E-state index >= 15 is 0 Å². The third kappa shape index (κ3) is 3.15. The lowest BCUT2D eigenvalue weighted by atomic mass is 9.98. The number of halogens is 1. The van der Waals surface area contributed by atoms with E-state index in [1.165, 1.54) is 29.0 Å². The quantitative estimate of drug-likeness (QED) is 0.694. The number of aromatic nitrogens is 2. The van der Waals surface area contributed by atoms with Gasteiger partial charge in [-0.05, 0) is 43.2 Å². The summed E-state index contributed by atoms with van der Waals surface area (Å²) in [4.78, 5) is 0.0948. The number of benzene rings is 1. The number of furan rings is 1. The van der Waals surface area contributed by atoms with Crippen LogP contribution in [-0.2, 0) is 10.0 Å². The van der Waals surface area contributed by atoms with E-state index in [9.17, 15) is 12.8 Å². The third-order valence-corrected chi connectivity index (χ3v) is 6.38. The maximum atomic E-state index is 13.0. The Morgan fingerprint density at radius 3 is 2.46 bits per heavy atom. The Labute approximate surface area is 149 Å². The highest BCUT2D eigenvalue weighted by atomic mass is 32.2. The van der Waals surface area contributed by atoms with Crippen molar-refractivity contribution in [2.24, 2.45) is 0 Å². The van der Waals surface area contributed by atoms with Gasteiger partial charge in [0.05, 0.1) is 16.7 Å². The molecule has 0 spiro atoms. The summed E-state index contributed by atoms with van der Waals surface area (Å²) in [6.45, 7) is 0.682. The van der Waals surface area contributed by atoms with Gasteiger partial charge in [-0.15, -0.1) is 10.2 Å². The Bertz CT molecular complexity index is 975. The zero-order chi connectivity index (χ0) is 18.1. The molecule has 4 rings (SSSR count). The first-order chi connectivity index (χ1) is 12.5. The lowest BCUT2D eigenvalue weighted by Gasteiger charge is -2.29. The molecule has 7 nitrogen and oxygen atoms in total. The predicted octanol–water partition coefficient (Wildman–Crippen LogP) is 3.04. The summed E-state index contributed by atoms with van der Waals surface area (Å²) in [6, 6.07) is 6.60. The summed E-state index contributed by atoms with van der Waals surface area (Å²) in [6.07, 6.45) is 4.20. The van der Waals surface area contributed by atoms with Crippen molar-refractivity contribution in [3.05, 3.63) is 54.6 Å². The van der Waals surface area contributed by atoms with Gasteiger partial charge in [-0.1, -0.05) is 0 Å². The highest BCUT2D eigenvalue weighted by Gasteiger charge is 2.32. The molecule has 2 aromatic heterocycles. The molecule has 26 heavy (non-hydrogen) atoms. The first-order valence-electron chi connectivity index (χ1n) is 8.16. The van der Waals surface area contributed by atoms with Crippen molar-refractivity contribution in [1.29, 1.82) is 0 Å². The first-order valence-corrected chi connectivity index (χ1v) is 9.60. The van der Waals surface area contributed by atoms with E-state index in [-0.39, 0.29) is 10.8 Å². The summed E-state index contributed by atoms with van der Waals surface area (Å²) in [7, 11) is -3.63. The lowest BCUT2D eigenvalue weighted by Crippen LogP contribution is -2.37. The number of rotatable bonds is 4. The minimum atomic E-state index is -3.63. The standard InChI is InChI=1S/C17H16FN3O4S/c18-14-1-3-15(4-2-14)26(22,23)21-8-5-12(6-9-21)16-19-20-17(25-16)13-7-10-24-11-13/h1-4,7,10-12H,5-6,8-9H2. The molecule has 0 atom stereocenters. The molecule has 136 valence electrons. The number of hydrogen-bond donors (Lipinski definition) is 0. The number of sulfonamides is 1. The van der Waals surface area contributed by atoms with Gasteiger partial charge in [0.2, 0.25) is 15.9 Å². The summed E-state index contributed by atoms with van der Waals surface area (Å²) < 4.78 is 50.4. The predicted molar refractivity (Wildman–Crippen MR) is 89.1 cm³/mol. The first kappa shape index (κ1) is 16.9. The van der Waals surface area contributed by atoms with Gasteiger partial charge in [-0.3, -0.25) is 0 Å². The molecule has 1 aromatic carbocycles. The molecule has 1 saturated heterocycles. The fourth-order valence-electron chi connectivity index (χ4n) is 3.00. The van der Waals surface area contributed by atoms with Crippen molar-refractivity contribution in [3.63, 3.8) is 0 Å². The Balaban J connectivity index is 1.45. The molecule has 1 aliphatic heterocycles. The normalized spacial score (nSPS) is 16.8. The van der Waals surface area contributed by atoms with Crippen LogP contribution in [0.25, 0.3) is 11.5 Å². The number of nitrogens with zero attached hydrogens (tertiary/aromatic N) is 3. The summed E-state index contributed by atoms with van der Waals surface area (Å²) in [5.74, 6) is 0.422. The molecule has 3 heterocycles. The molecule has 1 fully saturated rings. The zero-order valence-corrected chi connectivity index (χ0v) is 14.5. The number of hydrogen-bond acceptors (Lipinski definition) is 6. The molecule has 0 unspecified atom stereocenters. The van der Waals surface area contributed by atoms with Crippen LogP contribution in [0, 0.1) is 5.82 Å². The summed E-state index contributed by atoms with van der Waals surface area (Å²) in [5.41, 5.74) is 0.708. The molecule has 0 saturated carbocycles. The molecule has 3 aromatic rings. The van der Waals surface area contributed by atoms with Crippen LogP contribution in [0.1, 0.15) is 24.7 Å². The van der Waals surface area contributed by atoms with Gasteiger partial charge < -0.3 is 8.83 Å². The van der Waals surface area contributed by atoms with Crippen LogP contribution in [0.3, 0.4) is 0 Å².